The fourth-order valence-electron chi connectivity index (χ4n) is 2.90. The number of pyridine rings is 1. The van der Waals surface area contributed by atoms with Gasteiger partial charge in [0.1, 0.15) is 0 Å². The van der Waals surface area contributed by atoms with Gasteiger partial charge >= 0.3 is 0 Å². The number of unbranched alkanes of at least 4 members (excludes halogenated alkanes) is 4. The Morgan fingerprint density at radius 3 is 2.45 bits per heavy atom. The number of hydrogen-bond acceptors (Lipinski definition) is 1. The van der Waals surface area contributed by atoms with Gasteiger partial charge in [-0.1, -0.05) is 64.9 Å². The van der Waals surface area contributed by atoms with Crippen molar-refractivity contribution in [3.8, 4) is 0 Å². The zero-order valence-electron chi connectivity index (χ0n) is 14.8. The van der Waals surface area contributed by atoms with Gasteiger partial charge in [0.25, 0.3) is 0 Å². The highest BCUT2D eigenvalue weighted by Gasteiger charge is 2.09. The number of allylic oxidation sites excluding steroid dienone is 2. The molecule has 22 heavy (non-hydrogen) atoms. The smallest absolute Gasteiger partial charge is 0.0658 e. The van der Waals surface area contributed by atoms with Crippen molar-refractivity contribution in [2.24, 2.45) is 0 Å². The number of aryl methyl sites for hydroxylation is 2. The fourth-order valence-corrected chi connectivity index (χ4v) is 2.90. The van der Waals surface area contributed by atoms with E-state index in [9.17, 15) is 0 Å². The van der Waals surface area contributed by atoms with E-state index < -0.39 is 0 Å². The van der Waals surface area contributed by atoms with Crippen molar-refractivity contribution in [2.45, 2.75) is 84.9 Å². The summed E-state index contributed by atoms with van der Waals surface area (Å²) in [6.45, 7) is 6.70. The van der Waals surface area contributed by atoms with Crippen molar-refractivity contribution < 1.29 is 0 Å². The van der Waals surface area contributed by atoms with Gasteiger partial charge < -0.3 is 0 Å². The standard InChI is InChI=1S/C20H32BN/c1-4-7-8-9-10-12-20-19(17(6-3)11-5-2)14-13-18(22-20)15-16-21/h11,13-14H,4-10,12,15-16H2,1-3H3. The average Bonchev–Trinajstić information content (AvgIpc) is 2.53. The van der Waals surface area contributed by atoms with Gasteiger partial charge in [-0.25, -0.2) is 0 Å². The van der Waals surface area contributed by atoms with Crippen LogP contribution >= 0.6 is 0 Å². The average molecular weight is 297 g/mol. The molecular weight excluding hydrogens is 265 g/mol. The lowest BCUT2D eigenvalue weighted by molar-refractivity contribution is 0.627. The lowest BCUT2D eigenvalue weighted by Gasteiger charge is -2.13. The van der Waals surface area contributed by atoms with Gasteiger partial charge in [-0.3, -0.25) is 4.98 Å². The van der Waals surface area contributed by atoms with E-state index in [1.165, 1.54) is 48.9 Å². The second kappa shape index (κ2) is 11.5. The molecule has 0 atom stereocenters. The summed E-state index contributed by atoms with van der Waals surface area (Å²) in [5.74, 6) is 0. The highest BCUT2D eigenvalue weighted by molar-refractivity contribution is 6.08. The van der Waals surface area contributed by atoms with Crippen LogP contribution in [-0.4, -0.2) is 12.8 Å². The van der Waals surface area contributed by atoms with Crippen LogP contribution in [0.4, 0.5) is 0 Å². The maximum Gasteiger partial charge on any atom is 0.0658 e. The third-order valence-electron chi connectivity index (χ3n) is 4.13. The minimum absolute atomic E-state index is 0.674. The minimum Gasteiger partial charge on any atom is -0.257 e. The van der Waals surface area contributed by atoms with Crippen LogP contribution in [0.3, 0.4) is 0 Å². The molecule has 0 N–H and O–H groups in total. The van der Waals surface area contributed by atoms with Crippen molar-refractivity contribution in [1.29, 1.82) is 0 Å². The van der Waals surface area contributed by atoms with E-state index in [0.29, 0.717) is 6.32 Å². The molecule has 0 aliphatic carbocycles. The quantitative estimate of drug-likeness (QED) is 0.364. The first-order valence-electron chi connectivity index (χ1n) is 9.15. The number of hydrogen-bond donors (Lipinski definition) is 0. The van der Waals surface area contributed by atoms with Gasteiger partial charge in [0.15, 0.2) is 0 Å². The van der Waals surface area contributed by atoms with Crippen LogP contribution in [0.5, 0.6) is 0 Å². The first kappa shape index (κ1) is 19.0. The van der Waals surface area contributed by atoms with Crippen LogP contribution < -0.4 is 0 Å². The zero-order chi connectivity index (χ0) is 16.2. The number of nitrogens with zero attached hydrogens (tertiary/aromatic N) is 1. The maximum absolute atomic E-state index is 5.69. The van der Waals surface area contributed by atoms with Gasteiger partial charge in [-0.05, 0) is 49.3 Å². The summed E-state index contributed by atoms with van der Waals surface area (Å²) in [6, 6.07) is 4.42. The summed E-state index contributed by atoms with van der Waals surface area (Å²) < 4.78 is 0. The Hall–Kier alpha value is -1.05. The Morgan fingerprint density at radius 1 is 1.05 bits per heavy atom. The van der Waals surface area contributed by atoms with Crippen LogP contribution in [0.2, 0.25) is 6.32 Å². The maximum atomic E-state index is 5.69. The topological polar surface area (TPSA) is 12.9 Å². The Kier molecular flexibility index (Phi) is 9.94. The summed E-state index contributed by atoms with van der Waals surface area (Å²) in [4.78, 5) is 4.91. The van der Waals surface area contributed by atoms with Crippen molar-refractivity contribution in [1.82, 2.24) is 4.98 Å². The summed E-state index contributed by atoms with van der Waals surface area (Å²) in [6.07, 6.45) is 13.7. The fraction of sp³-hybridized carbons (Fsp3) is 0.650. The molecule has 1 aromatic rings. The molecule has 0 saturated heterocycles. The molecule has 0 aliphatic heterocycles. The first-order valence-corrected chi connectivity index (χ1v) is 9.15. The highest BCUT2D eigenvalue weighted by atomic mass is 14.7. The van der Waals surface area contributed by atoms with E-state index in [4.69, 9.17) is 12.8 Å². The number of aromatic nitrogens is 1. The Labute approximate surface area is 139 Å². The molecule has 120 valence electrons. The SMILES string of the molecule is [B]CCc1ccc(C(=CCC)CC)c(CCCCCCC)n1. The molecule has 1 rings (SSSR count). The minimum atomic E-state index is 0.674. The Bertz CT molecular complexity index is 451. The van der Waals surface area contributed by atoms with Crippen LogP contribution in [0, 0.1) is 0 Å². The number of rotatable bonds is 11. The molecule has 1 nitrogen and oxygen atoms in total. The lowest BCUT2D eigenvalue weighted by atomic mass is 9.95. The van der Waals surface area contributed by atoms with Crippen molar-refractivity contribution in [3.05, 3.63) is 35.2 Å². The third kappa shape index (κ3) is 6.38. The monoisotopic (exact) mass is 297 g/mol. The molecule has 2 heteroatoms. The van der Waals surface area contributed by atoms with E-state index in [1.54, 1.807) is 0 Å². The predicted molar refractivity (Wildman–Crippen MR) is 99.5 cm³/mol. The predicted octanol–water partition coefficient (Wildman–Crippen LogP) is 5.93. The molecule has 1 heterocycles. The van der Waals surface area contributed by atoms with Gasteiger partial charge in [-0.15, -0.1) is 0 Å². The molecule has 0 aromatic carbocycles. The molecule has 0 fully saturated rings. The molecule has 2 radical (unpaired) electrons. The van der Waals surface area contributed by atoms with Gasteiger partial charge in [0.05, 0.1) is 7.85 Å². The highest BCUT2D eigenvalue weighted by Crippen LogP contribution is 2.24. The van der Waals surface area contributed by atoms with Crippen molar-refractivity contribution in [2.75, 3.05) is 0 Å². The second-order valence-corrected chi connectivity index (χ2v) is 5.99. The van der Waals surface area contributed by atoms with Crippen LogP contribution in [-0.2, 0) is 12.8 Å². The molecule has 1 aromatic heterocycles. The zero-order valence-corrected chi connectivity index (χ0v) is 14.8. The van der Waals surface area contributed by atoms with Gasteiger partial charge in [-0.2, -0.15) is 0 Å². The van der Waals surface area contributed by atoms with E-state index >= 15 is 0 Å². The summed E-state index contributed by atoms with van der Waals surface area (Å²) in [5.41, 5.74) is 5.23. The molecule has 0 unspecified atom stereocenters. The van der Waals surface area contributed by atoms with Gasteiger partial charge in [0.2, 0.25) is 0 Å². The van der Waals surface area contributed by atoms with Crippen LogP contribution in [0.25, 0.3) is 5.57 Å². The molecule has 0 spiro atoms. The normalized spacial score (nSPS) is 11.9. The molecular formula is C20H32BN. The third-order valence-corrected chi connectivity index (χ3v) is 4.13. The molecule has 0 saturated carbocycles. The van der Waals surface area contributed by atoms with Crippen LogP contribution in [0.15, 0.2) is 18.2 Å². The van der Waals surface area contributed by atoms with E-state index in [1.807, 2.05) is 0 Å². The molecule has 0 amide bonds. The van der Waals surface area contributed by atoms with Gasteiger partial charge in [0, 0.05) is 11.4 Å². The van der Waals surface area contributed by atoms with Crippen LogP contribution in [0.1, 0.15) is 82.7 Å². The summed E-state index contributed by atoms with van der Waals surface area (Å²) >= 11 is 0. The summed E-state index contributed by atoms with van der Waals surface area (Å²) in [7, 11) is 5.69. The molecule has 0 aliphatic rings. The van der Waals surface area contributed by atoms with E-state index in [-0.39, 0.29) is 0 Å². The first-order chi connectivity index (χ1) is 10.8. The summed E-state index contributed by atoms with van der Waals surface area (Å²) in [5, 5.41) is 0. The Balaban J connectivity index is 2.87. The lowest BCUT2D eigenvalue weighted by Crippen LogP contribution is -2.02. The van der Waals surface area contributed by atoms with Crippen molar-refractivity contribution >= 4 is 13.4 Å². The Morgan fingerprint density at radius 2 is 1.82 bits per heavy atom. The second-order valence-electron chi connectivity index (χ2n) is 5.99. The largest absolute Gasteiger partial charge is 0.257 e. The van der Waals surface area contributed by atoms with Crippen molar-refractivity contribution in [3.63, 3.8) is 0 Å². The molecule has 0 bridgehead atoms. The van der Waals surface area contributed by atoms with E-state index in [0.717, 1.165) is 31.4 Å². The van der Waals surface area contributed by atoms with E-state index in [2.05, 4.69) is 39.0 Å².